The molecular weight excluding hydrogens is 603 g/mol. The number of hydrogen-bond acceptors (Lipinski definition) is 2. The van der Waals surface area contributed by atoms with E-state index >= 15 is 0 Å². The second-order valence-corrected chi connectivity index (χ2v) is 7.95. The van der Waals surface area contributed by atoms with Crippen molar-refractivity contribution in [2.45, 2.75) is 19.3 Å². The zero-order valence-corrected chi connectivity index (χ0v) is 20.0. The van der Waals surface area contributed by atoms with E-state index in [1.54, 1.807) is 6.20 Å². The van der Waals surface area contributed by atoms with Gasteiger partial charge in [0.15, 0.2) is 0 Å². The molecule has 0 aliphatic heterocycles. The molecule has 5 rings (SSSR count). The Labute approximate surface area is 194 Å². The van der Waals surface area contributed by atoms with E-state index < -0.39 is 0 Å². The topological polar surface area (TPSA) is 25.8 Å². The Morgan fingerprint density at radius 2 is 1.62 bits per heavy atom. The van der Waals surface area contributed by atoms with Crippen molar-refractivity contribution in [3.63, 3.8) is 0 Å². The molecule has 1 aliphatic rings. The fourth-order valence-corrected chi connectivity index (χ4v) is 4.42. The van der Waals surface area contributed by atoms with Crippen molar-refractivity contribution in [1.29, 1.82) is 0 Å². The van der Waals surface area contributed by atoms with Gasteiger partial charge in [0.25, 0.3) is 0 Å². The summed E-state index contributed by atoms with van der Waals surface area (Å²) in [6.07, 6.45) is 3.63. The second-order valence-electron chi connectivity index (χ2n) is 7.09. The summed E-state index contributed by atoms with van der Waals surface area (Å²) in [5.74, 6) is 0. The molecule has 0 saturated heterocycles. The molecule has 0 amide bonds. The van der Waals surface area contributed by atoms with Crippen LogP contribution < -0.4 is 0 Å². The first-order valence-corrected chi connectivity index (χ1v) is 9.93. The minimum atomic E-state index is 0. The molecule has 4 aromatic rings. The number of benzene rings is 2. The van der Waals surface area contributed by atoms with Crippen molar-refractivity contribution in [1.82, 2.24) is 9.97 Å². The van der Waals surface area contributed by atoms with Gasteiger partial charge in [-0.2, -0.15) is 0 Å². The minimum Gasteiger partial charge on any atom is -0.305 e. The molecule has 146 valence electrons. The standard InChI is InChI=1S/C14H11BrN.C11H8N.Pt/c1-14(2)10-6-4-8-16-13(10)9-5-3-7-11(15)12(9)14;1-2-6-10(7-3-1)11-8-4-5-9-12-11;/h3-4,6-8H,1-2H3;1-6,8-9H;/q2*-1;+2. The first kappa shape index (κ1) is 21.6. The summed E-state index contributed by atoms with van der Waals surface area (Å²) < 4.78 is 1.14. The van der Waals surface area contributed by atoms with E-state index in [2.05, 4.69) is 57.9 Å². The van der Waals surface area contributed by atoms with E-state index in [1.807, 2.05) is 66.9 Å². The Hall–Kier alpha value is -2.09. The Kier molecular flexibility index (Phi) is 6.82. The molecule has 2 nitrogen and oxygen atoms in total. The largest absolute Gasteiger partial charge is 2.00 e. The molecule has 0 bridgehead atoms. The molecule has 29 heavy (non-hydrogen) atoms. The average Bonchev–Trinajstić information content (AvgIpc) is 2.98. The van der Waals surface area contributed by atoms with Gasteiger partial charge in [0, 0.05) is 12.4 Å². The summed E-state index contributed by atoms with van der Waals surface area (Å²) in [6, 6.07) is 28.3. The van der Waals surface area contributed by atoms with Crippen molar-refractivity contribution < 1.29 is 21.1 Å². The Morgan fingerprint density at radius 3 is 2.34 bits per heavy atom. The van der Waals surface area contributed by atoms with Gasteiger partial charge in [-0.1, -0.05) is 58.0 Å². The summed E-state index contributed by atoms with van der Waals surface area (Å²) >= 11 is 3.63. The van der Waals surface area contributed by atoms with Gasteiger partial charge in [-0.15, -0.1) is 65.2 Å². The van der Waals surface area contributed by atoms with Gasteiger partial charge in [-0.05, 0) is 28.9 Å². The molecule has 2 heterocycles. The fraction of sp³-hybridized carbons (Fsp3) is 0.120. The first-order chi connectivity index (χ1) is 13.6. The van der Waals surface area contributed by atoms with Crippen LogP contribution in [0.3, 0.4) is 0 Å². The van der Waals surface area contributed by atoms with E-state index in [4.69, 9.17) is 0 Å². The first-order valence-electron chi connectivity index (χ1n) is 9.13. The van der Waals surface area contributed by atoms with Gasteiger partial charge in [0.1, 0.15) is 0 Å². The summed E-state index contributed by atoms with van der Waals surface area (Å²) in [5.41, 5.74) is 6.81. The van der Waals surface area contributed by atoms with Crippen molar-refractivity contribution in [3.8, 4) is 22.5 Å². The van der Waals surface area contributed by atoms with Gasteiger partial charge >= 0.3 is 21.1 Å². The predicted octanol–water partition coefficient (Wildman–Crippen LogP) is 6.50. The Balaban J connectivity index is 0.000000167. The van der Waals surface area contributed by atoms with E-state index in [0.717, 1.165) is 27.0 Å². The van der Waals surface area contributed by atoms with Gasteiger partial charge in [0.05, 0.1) is 0 Å². The van der Waals surface area contributed by atoms with Crippen LogP contribution in [0.2, 0.25) is 0 Å². The zero-order valence-electron chi connectivity index (χ0n) is 16.1. The van der Waals surface area contributed by atoms with Crippen LogP contribution in [0.15, 0.2) is 83.6 Å². The number of pyridine rings is 2. The molecule has 0 radical (unpaired) electrons. The van der Waals surface area contributed by atoms with Gasteiger partial charge in [0.2, 0.25) is 0 Å². The Morgan fingerprint density at radius 1 is 0.828 bits per heavy atom. The predicted molar refractivity (Wildman–Crippen MR) is 117 cm³/mol. The van der Waals surface area contributed by atoms with Gasteiger partial charge < -0.3 is 9.97 Å². The van der Waals surface area contributed by atoms with Crippen molar-refractivity contribution in [2.75, 3.05) is 0 Å². The summed E-state index contributed by atoms with van der Waals surface area (Å²) in [5, 5.41) is 0. The molecular formula is C25H19BrN2Pt. The van der Waals surface area contributed by atoms with Crippen LogP contribution >= 0.6 is 15.9 Å². The maximum Gasteiger partial charge on any atom is 2.00 e. The number of fused-ring (bicyclic) bond motifs is 3. The number of rotatable bonds is 1. The molecule has 1 aliphatic carbocycles. The molecule has 0 fully saturated rings. The maximum atomic E-state index is 4.49. The van der Waals surface area contributed by atoms with E-state index in [0.29, 0.717) is 0 Å². The fourth-order valence-electron chi connectivity index (χ4n) is 3.59. The molecule has 0 saturated carbocycles. The van der Waals surface area contributed by atoms with Crippen LogP contribution in [-0.4, -0.2) is 9.97 Å². The summed E-state index contributed by atoms with van der Waals surface area (Å²) in [7, 11) is 0. The van der Waals surface area contributed by atoms with Crippen LogP contribution in [-0.2, 0) is 26.5 Å². The van der Waals surface area contributed by atoms with Crippen LogP contribution in [0.25, 0.3) is 22.5 Å². The zero-order chi connectivity index (χ0) is 19.6. The molecule has 2 aromatic carbocycles. The average molecular weight is 622 g/mol. The van der Waals surface area contributed by atoms with E-state index in [-0.39, 0.29) is 26.5 Å². The monoisotopic (exact) mass is 621 g/mol. The summed E-state index contributed by atoms with van der Waals surface area (Å²) in [4.78, 5) is 8.70. The van der Waals surface area contributed by atoms with Gasteiger partial charge in [-0.25, -0.2) is 0 Å². The number of aromatic nitrogens is 2. The number of hydrogen-bond donors (Lipinski definition) is 0. The maximum absolute atomic E-state index is 4.49. The third-order valence-corrected chi connectivity index (χ3v) is 5.60. The van der Waals surface area contributed by atoms with Crippen molar-refractivity contribution >= 4 is 15.9 Å². The number of halogens is 1. The van der Waals surface area contributed by atoms with Crippen LogP contribution in [0, 0.1) is 12.1 Å². The SMILES string of the molecule is CC1(C)c2cccnc2-c2[c-]ccc(Br)c21.[Pt+2].[c-]1ccccc1-c1ccccn1. The third-order valence-electron chi connectivity index (χ3n) is 4.94. The molecule has 2 aromatic heterocycles. The third kappa shape index (κ3) is 4.27. The molecule has 0 N–H and O–H groups in total. The normalized spacial score (nSPS) is 12.7. The molecule has 4 heteroatoms. The van der Waals surface area contributed by atoms with E-state index in [9.17, 15) is 0 Å². The van der Waals surface area contributed by atoms with Crippen molar-refractivity contribution in [3.05, 3.63) is 107 Å². The molecule has 0 spiro atoms. The number of nitrogens with zero attached hydrogens (tertiary/aromatic N) is 2. The van der Waals surface area contributed by atoms with E-state index in [1.165, 1.54) is 11.1 Å². The Bertz CT molecular complexity index is 1060. The van der Waals surface area contributed by atoms with Crippen molar-refractivity contribution in [2.24, 2.45) is 0 Å². The minimum absolute atomic E-state index is 0. The summed E-state index contributed by atoms with van der Waals surface area (Å²) in [6.45, 7) is 4.47. The molecule has 0 atom stereocenters. The second kappa shape index (κ2) is 9.15. The quantitative estimate of drug-likeness (QED) is 0.227. The smallest absolute Gasteiger partial charge is 0.305 e. The molecule has 0 unspecified atom stereocenters. The van der Waals surface area contributed by atoms with Crippen LogP contribution in [0.1, 0.15) is 25.0 Å². The van der Waals surface area contributed by atoms with Crippen LogP contribution in [0.5, 0.6) is 0 Å². The van der Waals surface area contributed by atoms with Crippen LogP contribution in [0.4, 0.5) is 0 Å². The van der Waals surface area contributed by atoms with Gasteiger partial charge in [-0.3, -0.25) is 0 Å².